The highest BCUT2D eigenvalue weighted by molar-refractivity contribution is 14.1. The van der Waals surface area contributed by atoms with E-state index in [0.717, 1.165) is 30.9 Å². The van der Waals surface area contributed by atoms with Gasteiger partial charge in [0.2, 0.25) is 5.88 Å². The zero-order chi connectivity index (χ0) is 17.1. The fraction of sp³-hybridized carbons (Fsp3) is 0.389. The second-order valence-electron chi connectivity index (χ2n) is 6.00. The molecule has 0 N–H and O–H groups in total. The van der Waals surface area contributed by atoms with Crippen molar-refractivity contribution in [2.75, 3.05) is 25.1 Å². The van der Waals surface area contributed by atoms with Crippen LogP contribution < -0.4 is 14.4 Å². The van der Waals surface area contributed by atoms with Gasteiger partial charge in [-0.05, 0) is 46.9 Å². The van der Waals surface area contributed by atoms with Gasteiger partial charge in [-0.3, -0.25) is 0 Å². The Bertz CT molecular complexity index is 696. The number of methoxy groups -OCH3 is 1. The molecule has 2 unspecified atom stereocenters. The molecule has 0 bridgehead atoms. The highest BCUT2D eigenvalue weighted by Crippen LogP contribution is 2.32. The lowest BCUT2D eigenvalue weighted by Crippen LogP contribution is -2.44. The summed E-state index contributed by atoms with van der Waals surface area (Å²) >= 11 is 8.62. The molecule has 1 aliphatic heterocycles. The molecule has 2 aromatic rings. The lowest BCUT2D eigenvalue weighted by molar-refractivity contribution is 0.121. The Labute approximate surface area is 161 Å². The molecule has 0 aliphatic carbocycles. The Morgan fingerprint density at radius 1 is 1.29 bits per heavy atom. The largest absolute Gasteiger partial charge is 0.490 e. The van der Waals surface area contributed by atoms with Crippen molar-refractivity contribution in [1.29, 1.82) is 0 Å². The first-order chi connectivity index (χ1) is 11.6. The average Bonchev–Trinajstić information content (AvgIpc) is 2.59. The third-order valence-electron chi connectivity index (χ3n) is 4.29. The molecule has 1 aromatic heterocycles. The van der Waals surface area contributed by atoms with Crippen molar-refractivity contribution in [3.05, 3.63) is 45.1 Å². The Morgan fingerprint density at radius 3 is 2.71 bits per heavy atom. The quantitative estimate of drug-likeness (QED) is 0.625. The predicted octanol–water partition coefficient (Wildman–Crippen LogP) is 4.64. The zero-order valence-electron chi connectivity index (χ0n) is 13.7. The number of ether oxygens (including phenoxy) is 2. The van der Waals surface area contributed by atoms with Crippen molar-refractivity contribution in [3.63, 3.8) is 0 Å². The normalized spacial score (nSPS) is 20.8. The van der Waals surface area contributed by atoms with Crippen molar-refractivity contribution in [2.24, 2.45) is 5.92 Å². The number of halogens is 2. The van der Waals surface area contributed by atoms with Crippen LogP contribution in [-0.4, -0.2) is 31.3 Å². The molecule has 4 nitrogen and oxygen atoms in total. The number of hydrogen-bond donors (Lipinski definition) is 0. The van der Waals surface area contributed by atoms with Gasteiger partial charge >= 0.3 is 0 Å². The Morgan fingerprint density at radius 2 is 2.04 bits per heavy atom. The van der Waals surface area contributed by atoms with Crippen LogP contribution >= 0.6 is 34.2 Å². The van der Waals surface area contributed by atoms with Crippen LogP contribution in [0.3, 0.4) is 0 Å². The van der Waals surface area contributed by atoms with E-state index in [0.29, 0.717) is 16.8 Å². The maximum Gasteiger partial charge on any atom is 0.215 e. The summed E-state index contributed by atoms with van der Waals surface area (Å²) in [6.45, 7) is 4.00. The summed E-state index contributed by atoms with van der Waals surface area (Å²) in [5, 5.41) is 0.653. The molecule has 2 atom stereocenters. The van der Waals surface area contributed by atoms with Gasteiger partial charge in [-0.25, -0.2) is 4.98 Å². The first-order valence-corrected chi connectivity index (χ1v) is 9.39. The van der Waals surface area contributed by atoms with Gasteiger partial charge in [-0.15, -0.1) is 0 Å². The molecule has 2 heterocycles. The van der Waals surface area contributed by atoms with Crippen LogP contribution in [0.1, 0.15) is 13.3 Å². The zero-order valence-corrected chi connectivity index (χ0v) is 16.6. The number of aromatic nitrogens is 1. The van der Waals surface area contributed by atoms with Gasteiger partial charge in [-0.1, -0.05) is 18.5 Å². The van der Waals surface area contributed by atoms with Crippen LogP contribution in [0.2, 0.25) is 5.02 Å². The molecular formula is C18H20ClIN2O2. The third-order valence-corrected chi connectivity index (χ3v) is 5.30. The van der Waals surface area contributed by atoms with Crippen LogP contribution in [0, 0.1) is 9.49 Å². The van der Waals surface area contributed by atoms with Crippen molar-refractivity contribution in [1.82, 2.24) is 4.98 Å². The van der Waals surface area contributed by atoms with Crippen molar-refractivity contribution in [2.45, 2.75) is 19.4 Å². The van der Waals surface area contributed by atoms with Gasteiger partial charge in [0.1, 0.15) is 11.9 Å². The lowest BCUT2D eigenvalue weighted by atomic mass is 9.96. The fourth-order valence-corrected chi connectivity index (χ4v) is 3.55. The van der Waals surface area contributed by atoms with Gasteiger partial charge in [0.05, 0.1) is 24.0 Å². The lowest BCUT2D eigenvalue weighted by Gasteiger charge is -2.38. The van der Waals surface area contributed by atoms with E-state index in [4.69, 9.17) is 21.1 Å². The van der Waals surface area contributed by atoms with E-state index in [1.54, 1.807) is 13.3 Å². The first-order valence-electron chi connectivity index (χ1n) is 7.93. The van der Waals surface area contributed by atoms with Gasteiger partial charge in [0.15, 0.2) is 0 Å². The van der Waals surface area contributed by atoms with Crippen LogP contribution in [0.15, 0.2) is 36.5 Å². The molecule has 1 aliphatic rings. The van der Waals surface area contributed by atoms with Crippen LogP contribution in [0.4, 0.5) is 5.69 Å². The smallest absolute Gasteiger partial charge is 0.215 e. The van der Waals surface area contributed by atoms with E-state index < -0.39 is 0 Å². The number of benzene rings is 1. The minimum Gasteiger partial charge on any atom is -0.490 e. The summed E-state index contributed by atoms with van der Waals surface area (Å²) in [7, 11) is 1.61. The summed E-state index contributed by atoms with van der Waals surface area (Å²) < 4.78 is 12.6. The standard InChI is InChI=1S/C18H20ClIN2O2/c1-12-11-22(16-9-18(23-2)21-10-15(16)19)8-7-17(12)24-14-5-3-13(20)4-6-14/h3-6,9-10,12,17H,7-8,11H2,1-2H3. The molecule has 1 fully saturated rings. The second kappa shape index (κ2) is 7.78. The Balaban J connectivity index is 1.68. The molecule has 1 saturated heterocycles. The van der Waals surface area contributed by atoms with E-state index in [1.165, 1.54) is 3.57 Å². The molecule has 0 radical (unpaired) electrons. The monoisotopic (exact) mass is 458 g/mol. The molecule has 3 rings (SSSR count). The van der Waals surface area contributed by atoms with Crippen LogP contribution in [0.5, 0.6) is 11.6 Å². The summed E-state index contributed by atoms with van der Waals surface area (Å²) in [4.78, 5) is 6.43. The minimum absolute atomic E-state index is 0.212. The molecule has 0 amide bonds. The molecule has 0 spiro atoms. The van der Waals surface area contributed by atoms with E-state index in [9.17, 15) is 0 Å². The number of rotatable bonds is 4. The minimum atomic E-state index is 0.212. The molecule has 1 aromatic carbocycles. The SMILES string of the molecule is COc1cc(N2CCC(Oc3ccc(I)cc3)C(C)C2)c(Cl)cn1. The summed E-state index contributed by atoms with van der Waals surface area (Å²) in [5.74, 6) is 1.91. The molecular weight excluding hydrogens is 439 g/mol. The molecule has 24 heavy (non-hydrogen) atoms. The number of hydrogen-bond acceptors (Lipinski definition) is 4. The second-order valence-corrected chi connectivity index (χ2v) is 7.65. The van der Waals surface area contributed by atoms with E-state index in [1.807, 2.05) is 18.2 Å². The number of pyridine rings is 1. The molecule has 6 heteroatoms. The van der Waals surface area contributed by atoms with Crippen molar-refractivity contribution >= 4 is 39.9 Å². The van der Waals surface area contributed by atoms with Crippen LogP contribution in [0.25, 0.3) is 0 Å². The topological polar surface area (TPSA) is 34.6 Å². The number of anilines is 1. The highest BCUT2D eigenvalue weighted by atomic mass is 127. The third kappa shape index (κ3) is 4.06. The molecule has 0 saturated carbocycles. The van der Waals surface area contributed by atoms with E-state index in [2.05, 4.69) is 51.5 Å². The summed E-state index contributed by atoms with van der Waals surface area (Å²) in [5.41, 5.74) is 0.975. The maximum atomic E-state index is 6.32. The van der Waals surface area contributed by atoms with Gasteiger partial charge in [0.25, 0.3) is 0 Å². The first kappa shape index (κ1) is 17.6. The fourth-order valence-electron chi connectivity index (χ4n) is 2.97. The van der Waals surface area contributed by atoms with Gasteiger partial charge < -0.3 is 14.4 Å². The Hall–Kier alpha value is -1.21. The Kier molecular flexibility index (Phi) is 5.71. The number of nitrogens with zero attached hydrogens (tertiary/aromatic N) is 2. The van der Waals surface area contributed by atoms with Crippen LogP contribution in [-0.2, 0) is 0 Å². The highest BCUT2D eigenvalue weighted by Gasteiger charge is 2.29. The van der Waals surface area contributed by atoms with E-state index in [-0.39, 0.29) is 6.10 Å². The summed E-state index contributed by atoms with van der Waals surface area (Å²) in [6.07, 6.45) is 2.81. The summed E-state index contributed by atoms with van der Waals surface area (Å²) in [6, 6.07) is 10.1. The number of piperidine rings is 1. The van der Waals surface area contributed by atoms with Gasteiger partial charge in [-0.2, -0.15) is 0 Å². The molecule has 128 valence electrons. The van der Waals surface area contributed by atoms with Gasteiger partial charge in [0, 0.05) is 35.1 Å². The predicted molar refractivity (Wildman–Crippen MR) is 105 cm³/mol. The van der Waals surface area contributed by atoms with Crippen molar-refractivity contribution < 1.29 is 9.47 Å². The van der Waals surface area contributed by atoms with Crippen molar-refractivity contribution in [3.8, 4) is 11.6 Å². The van der Waals surface area contributed by atoms with E-state index >= 15 is 0 Å². The maximum absolute atomic E-state index is 6.32. The average molecular weight is 459 g/mol.